The Hall–Kier alpha value is -4.32. The lowest BCUT2D eigenvalue weighted by molar-refractivity contribution is -0.140. The van der Waals surface area contributed by atoms with Crippen LogP contribution in [0.2, 0.25) is 0 Å². The van der Waals surface area contributed by atoms with E-state index in [0.717, 1.165) is 4.31 Å². The van der Waals surface area contributed by atoms with Crippen molar-refractivity contribution in [2.24, 2.45) is 0 Å². The van der Waals surface area contributed by atoms with Gasteiger partial charge in [0, 0.05) is 19.2 Å². The van der Waals surface area contributed by atoms with E-state index in [0.29, 0.717) is 30.2 Å². The van der Waals surface area contributed by atoms with Crippen LogP contribution < -0.4 is 23.8 Å². The van der Waals surface area contributed by atoms with Gasteiger partial charge in [0.15, 0.2) is 11.5 Å². The summed E-state index contributed by atoms with van der Waals surface area (Å²) in [7, 11) is -1.52. The van der Waals surface area contributed by atoms with E-state index in [9.17, 15) is 22.4 Å². The maximum Gasteiger partial charge on any atom is 0.264 e. The number of hydrogen-bond donors (Lipinski definition) is 1. The molecule has 0 radical (unpaired) electrons. The first kappa shape index (κ1) is 33.2. The molecule has 3 aromatic carbocycles. The zero-order chi connectivity index (χ0) is 31.6. The molecule has 232 valence electrons. The first-order valence-corrected chi connectivity index (χ1v) is 15.3. The van der Waals surface area contributed by atoms with Gasteiger partial charge in [0.1, 0.15) is 24.2 Å². The summed E-state index contributed by atoms with van der Waals surface area (Å²) in [6.45, 7) is 5.45. The van der Waals surface area contributed by atoms with E-state index >= 15 is 0 Å². The number of likely N-dealkylation sites (N-methyl/N-ethyl adjacent to an activating group) is 1. The number of rotatable bonds is 15. The molecule has 1 N–H and O–H groups in total. The zero-order valence-electron chi connectivity index (χ0n) is 25.0. The molecule has 43 heavy (non-hydrogen) atoms. The number of anilines is 1. The van der Waals surface area contributed by atoms with Crippen LogP contribution in [0.3, 0.4) is 0 Å². The molecule has 0 aliphatic carbocycles. The van der Waals surface area contributed by atoms with Crippen molar-refractivity contribution >= 4 is 27.5 Å². The standard InChI is InChI=1S/C31H38FN3O7S/c1-6-27(31(37)33-7-2)34(20-22-9-11-23(32)12-10-22)30(36)21-35(24-13-15-25(16-14-24)42-8-3)43(38,39)26-17-18-28(40-4)29(19-26)41-5/h9-19,27H,6-8,20-21H2,1-5H3,(H,33,37)/t27-/m1/s1. The molecule has 1 atom stereocenters. The maximum absolute atomic E-state index is 14.1. The largest absolute Gasteiger partial charge is 0.494 e. The highest BCUT2D eigenvalue weighted by Crippen LogP contribution is 2.33. The van der Waals surface area contributed by atoms with Gasteiger partial charge in [-0.2, -0.15) is 0 Å². The number of nitrogens with zero attached hydrogens (tertiary/aromatic N) is 2. The van der Waals surface area contributed by atoms with Crippen molar-refractivity contribution in [3.05, 3.63) is 78.1 Å². The van der Waals surface area contributed by atoms with Crippen LogP contribution in [-0.4, -0.2) is 65.1 Å². The molecule has 2 amide bonds. The molecule has 0 unspecified atom stereocenters. The maximum atomic E-state index is 14.1. The van der Waals surface area contributed by atoms with Crippen molar-refractivity contribution in [2.75, 3.05) is 38.2 Å². The van der Waals surface area contributed by atoms with Crippen molar-refractivity contribution in [1.82, 2.24) is 10.2 Å². The third kappa shape index (κ3) is 8.16. The monoisotopic (exact) mass is 615 g/mol. The van der Waals surface area contributed by atoms with E-state index in [-0.39, 0.29) is 35.2 Å². The predicted octanol–water partition coefficient (Wildman–Crippen LogP) is 4.38. The van der Waals surface area contributed by atoms with Crippen molar-refractivity contribution < 1.29 is 36.6 Å². The molecule has 0 heterocycles. The Morgan fingerprint density at radius 1 is 0.907 bits per heavy atom. The number of sulfonamides is 1. The van der Waals surface area contributed by atoms with E-state index in [1.54, 1.807) is 38.1 Å². The molecule has 0 saturated heterocycles. The van der Waals surface area contributed by atoms with Crippen LogP contribution in [0.1, 0.15) is 32.8 Å². The third-order valence-corrected chi connectivity index (χ3v) is 8.43. The fourth-order valence-electron chi connectivity index (χ4n) is 4.51. The van der Waals surface area contributed by atoms with Gasteiger partial charge in [-0.3, -0.25) is 13.9 Å². The van der Waals surface area contributed by atoms with Gasteiger partial charge in [0.05, 0.1) is 31.4 Å². The van der Waals surface area contributed by atoms with Crippen LogP contribution in [0.15, 0.2) is 71.6 Å². The number of nitrogens with one attached hydrogen (secondary N) is 1. The summed E-state index contributed by atoms with van der Waals surface area (Å²) in [4.78, 5) is 28.3. The minimum atomic E-state index is -4.35. The van der Waals surface area contributed by atoms with Gasteiger partial charge in [-0.05, 0) is 74.4 Å². The summed E-state index contributed by atoms with van der Waals surface area (Å²) >= 11 is 0. The molecule has 3 rings (SSSR count). The smallest absolute Gasteiger partial charge is 0.264 e. The van der Waals surface area contributed by atoms with Crippen LogP contribution in [0.5, 0.6) is 17.2 Å². The van der Waals surface area contributed by atoms with E-state index in [1.165, 1.54) is 61.6 Å². The number of ether oxygens (including phenoxy) is 3. The summed E-state index contributed by atoms with van der Waals surface area (Å²) in [5.74, 6) is -0.386. The number of carbonyl (C=O) groups is 2. The van der Waals surface area contributed by atoms with Gasteiger partial charge in [0.25, 0.3) is 10.0 Å². The minimum absolute atomic E-state index is 0.0394. The lowest BCUT2D eigenvalue weighted by Crippen LogP contribution is -2.52. The highest BCUT2D eigenvalue weighted by molar-refractivity contribution is 7.92. The molecule has 0 saturated carbocycles. The predicted molar refractivity (Wildman–Crippen MR) is 161 cm³/mol. The zero-order valence-corrected chi connectivity index (χ0v) is 25.8. The van der Waals surface area contributed by atoms with Crippen LogP contribution in [0, 0.1) is 5.82 Å². The number of halogens is 1. The Kier molecular flexibility index (Phi) is 11.8. The van der Waals surface area contributed by atoms with Gasteiger partial charge in [-0.1, -0.05) is 19.1 Å². The van der Waals surface area contributed by atoms with E-state index < -0.39 is 34.3 Å². The van der Waals surface area contributed by atoms with Gasteiger partial charge >= 0.3 is 0 Å². The number of benzene rings is 3. The second-order valence-electron chi connectivity index (χ2n) is 9.42. The van der Waals surface area contributed by atoms with Gasteiger partial charge in [0.2, 0.25) is 11.8 Å². The summed E-state index contributed by atoms with van der Waals surface area (Å²) in [6.07, 6.45) is 0.268. The minimum Gasteiger partial charge on any atom is -0.494 e. The topological polar surface area (TPSA) is 114 Å². The molecule has 0 aliphatic rings. The van der Waals surface area contributed by atoms with Crippen molar-refractivity contribution in [3.63, 3.8) is 0 Å². The number of hydrogen-bond acceptors (Lipinski definition) is 7. The SMILES string of the molecule is CCNC(=O)[C@@H](CC)N(Cc1ccc(F)cc1)C(=O)CN(c1ccc(OCC)cc1)S(=O)(=O)c1ccc(OC)c(OC)c1. The molecule has 0 fully saturated rings. The normalized spacial score (nSPS) is 11.8. The number of amides is 2. The van der Waals surface area contributed by atoms with Gasteiger partial charge in [-0.15, -0.1) is 0 Å². The van der Waals surface area contributed by atoms with Crippen molar-refractivity contribution in [1.29, 1.82) is 0 Å². The first-order valence-electron chi connectivity index (χ1n) is 13.9. The first-order chi connectivity index (χ1) is 20.6. The highest BCUT2D eigenvalue weighted by Gasteiger charge is 2.34. The summed E-state index contributed by atoms with van der Waals surface area (Å²) in [5.41, 5.74) is 0.784. The fourth-order valence-corrected chi connectivity index (χ4v) is 5.94. The lowest BCUT2D eigenvalue weighted by atomic mass is 10.1. The third-order valence-electron chi connectivity index (χ3n) is 6.66. The molecule has 0 aromatic heterocycles. The van der Waals surface area contributed by atoms with Crippen molar-refractivity contribution in [3.8, 4) is 17.2 Å². The second kappa shape index (κ2) is 15.2. The Morgan fingerprint density at radius 3 is 2.12 bits per heavy atom. The summed E-state index contributed by atoms with van der Waals surface area (Å²) in [6, 6.07) is 15.1. The quantitative estimate of drug-likeness (QED) is 0.270. The Labute approximate surface area is 252 Å². The molecule has 10 nitrogen and oxygen atoms in total. The Morgan fingerprint density at radius 2 is 1.56 bits per heavy atom. The Bertz CT molecular complexity index is 1480. The lowest BCUT2D eigenvalue weighted by Gasteiger charge is -2.33. The molecule has 12 heteroatoms. The van der Waals surface area contributed by atoms with Gasteiger partial charge in [-0.25, -0.2) is 12.8 Å². The molecular formula is C31H38FN3O7S. The average molecular weight is 616 g/mol. The molecule has 0 spiro atoms. The summed E-state index contributed by atoms with van der Waals surface area (Å²) in [5, 5.41) is 2.75. The number of methoxy groups -OCH3 is 2. The van der Waals surface area contributed by atoms with Gasteiger partial charge < -0.3 is 24.4 Å². The number of carbonyl (C=O) groups excluding carboxylic acids is 2. The Balaban J connectivity index is 2.10. The van der Waals surface area contributed by atoms with Crippen LogP contribution in [0.4, 0.5) is 10.1 Å². The molecule has 0 aliphatic heterocycles. The highest BCUT2D eigenvalue weighted by atomic mass is 32.2. The van der Waals surface area contributed by atoms with E-state index in [1.807, 2.05) is 6.92 Å². The van der Waals surface area contributed by atoms with E-state index in [4.69, 9.17) is 14.2 Å². The summed E-state index contributed by atoms with van der Waals surface area (Å²) < 4.78 is 59.0. The molecule has 0 bridgehead atoms. The second-order valence-corrected chi connectivity index (χ2v) is 11.3. The molecular weight excluding hydrogens is 577 g/mol. The fraction of sp³-hybridized carbons (Fsp3) is 0.355. The van der Waals surface area contributed by atoms with Crippen LogP contribution >= 0.6 is 0 Å². The average Bonchev–Trinajstić information content (AvgIpc) is 3.01. The van der Waals surface area contributed by atoms with Crippen LogP contribution in [0.25, 0.3) is 0 Å². The van der Waals surface area contributed by atoms with Crippen LogP contribution in [-0.2, 0) is 26.2 Å². The van der Waals surface area contributed by atoms with E-state index in [2.05, 4.69) is 5.32 Å². The molecule has 3 aromatic rings. The van der Waals surface area contributed by atoms with Crippen molar-refractivity contribution in [2.45, 2.75) is 44.7 Å².